The van der Waals surface area contributed by atoms with E-state index in [0.717, 1.165) is 0 Å². The van der Waals surface area contributed by atoms with Crippen molar-refractivity contribution in [3.63, 3.8) is 0 Å². The van der Waals surface area contributed by atoms with Crippen molar-refractivity contribution in [1.29, 1.82) is 0 Å². The minimum atomic E-state index is -0.254. The average Bonchev–Trinajstić information content (AvgIpc) is 2.91. The number of para-hydroxylation sites is 1. The van der Waals surface area contributed by atoms with Gasteiger partial charge in [-0.25, -0.2) is 4.98 Å². The normalized spacial score (nSPS) is 11.3. The topological polar surface area (TPSA) is 119 Å². The van der Waals surface area contributed by atoms with Crippen molar-refractivity contribution >= 4 is 34.8 Å². The molecule has 0 aliphatic heterocycles. The summed E-state index contributed by atoms with van der Waals surface area (Å²) in [5.41, 5.74) is 3.99. The first-order chi connectivity index (χ1) is 10.1. The summed E-state index contributed by atoms with van der Waals surface area (Å²) in [5.74, 6) is -0.131. The zero-order valence-electron chi connectivity index (χ0n) is 10.4. The number of H-pyrrole nitrogens is 1. The summed E-state index contributed by atoms with van der Waals surface area (Å²) >= 11 is 5.78. The summed E-state index contributed by atoms with van der Waals surface area (Å²) in [6.45, 7) is 0. The van der Waals surface area contributed by atoms with Crippen LogP contribution in [0.1, 0.15) is 5.56 Å². The van der Waals surface area contributed by atoms with Gasteiger partial charge >= 0.3 is 0 Å². The number of hydrazone groups is 1. The van der Waals surface area contributed by atoms with Crippen LogP contribution < -0.4 is 5.43 Å². The monoisotopic (exact) mass is 304 g/mol. The number of phenols is 2. The molecule has 0 bridgehead atoms. The van der Waals surface area contributed by atoms with Crippen LogP contribution in [0.4, 0.5) is 5.82 Å². The van der Waals surface area contributed by atoms with Crippen LogP contribution in [0.25, 0.3) is 11.2 Å². The summed E-state index contributed by atoms with van der Waals surface area (Å²) in [7, 11) is 0. The zero-order chi connectivity index (χ0) is 14.8. The zero-order valence-corrected chi connectivity index (χ0v) is 11.2. The van der Waals surface area contributed by atoms with E-state index in [1.54, 1.807) is 12.1 Å². The molecule has 2 heterocycles. The lowest BCUT2D eigenvalue weighted by atomic mass is 10.2. The van der Waals surface area contributed by atoms with E-state index in [-0.39, 0.29) is 16.8 Å². The van der Waals surface area contributed by atoms with E-state index in [2.05, 4.69) is 30.5 Å². The lowest BCUT2D eigenvalue weighted by Crippen LogP contribution is -1.97. The number of fused-ring (bicyclic) bond motifs is 1. The van der Waals surface area contributed by atoms with Gasteiger partial charge in [0.1, 0.15) is 5.52 Å². The van der Waals surface area contributed by atoms with Gasteiger partial charge in [0.25, 0.3) is 0 Å². The molecule has 9 heteroatoms. The molecule has 0 spiro atoms. The molecule has 21 heavy (non-hydrogen) atoms. The van der Waals surface area contributed by atoms with Gasteiger partial charge in [0.15, 0.2) is 23.0 Å². The third kappa shape index (κ3) is 2.56. The number of aromatic amines is 1. The van der Waals surface area contributed by atoms with Crippen molar-refractivity contribution in [3.05, 3.63) is 35.4 Å². The number of imidazole rings is 1. The van der Waals surface area contributed by atoms with Crippen LogP contribution in [0.15, 0.2) is 29.6 Å². The molecule has 2 aromatic heterocycles. The van der Waals surface area contributed by atoms with Crippen LogP contribution >= 0.6 is 11.6 Å². The smallest absolute Gasteiger partial charge is 0.226 e. The molecule has 0 aliphatic carbocycles. The second-order valence-corrected chi connectivity index (χ2v) is 4.37. The van der Waals surface area contributed by atoms with Crippen molar-refractivity contribution < 1.29 is 10.2 Å². The van der Waals surface area contributed by atoms with Crippen molar-refractivity contribution in [2.75, 3.05) is 5.43 Å². The Kier molecular flexibility index (Phi) is 3.28. The molecule has 0 atom stereocenters. The highest BCUT2D eigenvalue weighted by molar-refractivity contribution is 6.28. The summed E-state index contributed by atoms with van der Waals surface area (Å²) < 4.78 is 0. The molecule has 0 radical (unpaired) electrons. The van der Waals surface area contributed by atoms with Gasteiger partial charge in [0, 0.05) is 5.56 Å². The second-order valence-electron chi connectivity index (χ2n) is 4.03. The number of halogens is 1. The Bertz CT molecular complexity index is 832. The van der Waals surface area contributed by atoms with E-state index in [4.69, 9.17) is 11.6 Å². The standard InChI is InChI=1S/C12H9ClN6O2/c13-12-17-10-8(14-5-15-10)11(18-12)19-16-4-6-2-1-3-7(20)9(6)21/h1-5,20-21H,(H2,14,15,17,18,19). The average molecular weight is 305 g/mol. The highest BCUT2D eigenvalue weighted by Gasteiger charge is 2.08. The number of nitrogens with zero attached hydrogens (tertiary/aromatic N) is 4. The third-order valence-corrected chi connectivity index (χ3v) is 2.85. The Labute approximate surface area is 123 Å². The van der Waals surface area contributed by atoms with E-state index in [0.29, 0.717) is 22.5 Å². The molecule has 0 amide bonds. The molecule has 0 unspecified atom stereocenters. The highest BCUT2D eigenvalue weighted by Crippen LogP contribution is 2.26. The van der Waals surface area contributed by atoms with Gasteiger partial charge in [-0.15, -0.1) is 0 Å². The molecule has 1 aromatic carbocycles. The van der Waals surface area contributed by atoms with E-state index in [1.807, 2.05) is 0 Å². The fourth-order valence-electron chi connectivity index (χ4n) is 1.70. The van der Waals surface area contributed by atoms with Crippen molar-refractivity contribution in [1.82, 2.24) is 19.9 Å². The fourth-order valence-corrected chi connectivity index (χ4v) is 1.87. The fraction of sp³-hybridized carbons (Fsp3) is 0. The number of nitrogens with one attached hydrogen (secondary N) is 2. The second kappa shape index (κ2) is 5.25. The van der Waals surface area contributed by atoms with Gasteiger partial charge in [0.2, 0.25) is 5.28 Å². The summed E-state index contributed by atoms with van der Waals surface area (Å²) in [6.07, 6.45) is 2.80. The predicted octanol–water partition coefficient (Wildman–Crippen LogP) is 1.86. The number of hydrogen-bond donors (Lipinski definition) is 4. The lowest BCUT2D eigenvalue weighted by Gasteiger charge is -2.02. The Morgan fingerprint density at radius 3 is 3.00 bits per heavy atom. The summed E-state index contributed by atoms with van der Waals surface area (Å²) in [6, 6.07) is 4.56. The Hall–Kier alpha value is -2.87. The molecule has 3 aromatic rings. The Morgan fingerprint density at radius 1 is 1.29 bits per heavy atom. The number of aromatic hydroxyl groups is 2. The van der Waals surface area contributed by atoms with E-state index < -0.39 is 0 Å². The van der Waals surface area contributed by atoms with Gasteiger partial charge in [-0.05, 0) is 23.7 Å². The van der Waals surface area contributed by atoms with Crippen LogP contribution in [0.3, 0.4) is 0 Å². The van der Waals surface area contributed by atoms with Gasteiger partial charge < -0.3 is 15.2 Å². The maximum absolute atomic E-state index is 9.65. The first-order valence-corrected chi connectivity index (χ1v) is 6.19. The Balaban J connectivity index is 1.88. The molecule has 3 rings (SSSR count). The SMILES string of the molecule is Oc1cccc(C=NNc2nc(Cl)nc3nc[nH]c23)c1O. The quantitative estimate of drug-likeness (QED) is 0.254. The molecular weight excluding hydrogens is 296 g/mol. The number of phenolic OH excluding ortho intramolecular Hbond substituents is 2. The lowest BCUT2D eigenvalue weighted by molar-refractivity contribution is 0.403. The van der Waals surface area contributed by atoms with Gasteiger partial charge in [-0.3, -0.25) is 5.43 Å². The van der Waals surface area contributed by atoms with E-state index >= 15 is 0 Å². The Morgan fingerprint density at radius 2 is 2.14 bits per heavy atom. The van der Waals surface area contributed by atoms with E-state index in [9.17, 15) is 10.2 Å². The molecule has 0 saturated carbocycles. The van der Waals surface area contributed by atoms with Gasteiger partial charge in [-0.1, -0.05) is 6.07 Å². The maximum Gasteiger partial charge on any atom is 0.226 e. The molecule has 106 valence electrons. The largest absolute Gasteiger partial charge is 0.504 e. The highest BCUT2D eigenvalue weighted by atomic mass is 35.5. The molecule has 8 nitrogen and oxygen atoms in total. The molecular formula is C12H9ClN6O2. The van der Waals surface area contributed by atoms with Crippen molar-refractivity contribution in [3.8, 4) is 11.5 Å². The van der Waals surface area contributed by atoms with Gasteiger partial charge in [0.05, 0.1) is 12.5 Å². The molecule has 0 aliphatic rings. The number of hydrogen-bond acceptors (Lipinski definition) is 7. The number of rotatable bonds is 3. The summed E-state index contributed by atoms with van der Waals surface area (Å²) in [5, 5.41) is 23.0. The number of benzene rings is 1. The van der Waals surface area contributed by atoms with Crippen LogP contribution in [0.5, 0.6) is 11.5 Å². The van der Waals surface area contributed by atoms with Crippen LogP contribution in [-0.2, 0) is 0 Å². The van der Waals surface area contributed by atoms with E-state index in [1.165, 1.54) is 18.6 Å². The molecule has 0 saturated heterocycles. The predicted molar refractivity (Wildman–Crippen MR) is 77.7 cm³/mol. The van der Waals surface area contributed by atoms with Crippen LogP contribution in [-0.4, -0.2) is 36.4 Å². The number of aromatic nitrogens is 4. The molecule has 0 fully saturated rings. The van der Waals surface area contributed by atoms with Crippen molar-refractivity contribution in [2.24, 2.45) is 5.10 Å². The maximum atomic E-state index is 9.65. The summed E-state index contributed by atoms with van der Waals surface area (Å²) in [4.78, 5) is 14.8. The third-order valence-electron chi connectivity index (χ3n) is 2.68. The number of anilines is 1. The first kappa shape index (κ1) is 13.1. The van der Waals surface area contributed by atoms with Crippen molar-refractivity contribution in [2.45, 2.75) is 0 Å². The minimum absolute atomic E-state index is 0.0347. The van der Waals surface area contributed by atoms with Crippen LogP contribution in [0, 0.1) is 0 Å². The van der Waals surface area contributed by atoms with Crippen LogP contribution in [0.2, 0.25) is 5.28 Å². The molecule has 4 N–H and O–H groups in total. The minimum Gasteiger partial charge on any atom is -0.504 e. The van der Waals surface area contributed by atoms with Gasteiger partial charge in [-0.2, -0.15) is 15.1 Å². The first-order valence-electron chi connectivity index (χ1n) is 5.82.